The van der Waals surface area contributed by atoms with Crippen molar-refractivity contribution in [1.82, 2.24) is 0 Å². The molecule has 0 spiro atoms. The van der Waals surface area contributed by atoms with Gasteiger partial charge in [-0.3, -0.25) is 4.79 Å². The average Bonchev–Trinajstić information content (AvgIpc) is 3.17. The van der Waals surface area contributed by atoms with E-state index in [9.17, 15) is 9.59 Å². The van der Waals surface area contributed by atoms with Crippen molar-refractivity contribution in [2.75, 3.05) is 11.9 Å². The summed E-state index contributed by atoms with van der Waals surface area (Å²) < 4.78 is 10.8. The van der Waals surface area contributed by atoms with Crippen LogP contribution in [0.25, 0.3) is 0 Å². The third kappa shape index (κ3) is 3.86. The molecule has 1 aliphatic carbocycles. The minimum absolute atomic E-state index is 0.295. The molecular weight excluding hydrogens is 374 g/mol. The zero-order valence-electron chi connectivity index (χ0n) is 14.6. The highest BCUT2D eigenvalue weighted by Gasteiger charge is 2.29. The summed E-state index contributed by atoms with van der Waals surface area (Å²) in [5.74, 6) is -0.284. The number of hydrogen-bond acceptors (Lipinski definition) is 5. The number of rotatable bonds is 6. The summed E-state index contributed by atoms with van der Waals surface area (Å²) in [5.41, 5.74) is 1.49. The number of carbonyl (C=O) groups is 2. The Labute approximate surface area is 161 Å². The van der Waals surface area contributed by atoms with Crippen LogP contribution in [0.1, 0.15) is 41.1 Å². The molecule has 1 heterocycles. The molecule has 0 radical (unpaired) electrons. The second-order valence-corrected chi connectivity index (χ2v) is 7.47. The maximum absolute atomic E-state index is 12.6. The van der Waals surface area contributed by atoms with Crippen molar-refractivity contribution in [2.45, 2.75) is 39.2 Å². The number of halogens is 1. The molecule has 1 amide bonds. The SMILES string of the molecule is CCOC(=O)c1c(NC(=O)C(C)Oc2ccccc2Cl)sc2c1CCC2. The molecule has 26 heavy (non-hydrogen) atoms. The van der Waals surface area contributed by atoms with E-state index in [4.69, 9.17) is 21.1 Å². The molecule has 1 atom stereocenters. The number of benzene rings is 1. The molecule has 0 aliphatic heterocycles. The lowest BCUT2D eigenvalue weighted by atomic mass is 10.1. The highest BCUT2D eigenvalue weighted by Crippen LogP contribution is 2.39. The van der Waals surface area contributed by atoms with E-state index >= 15 is 0 Å². The first kappa shape index (κ1) is 18.7. The Hall–Kier alpha value is -2.05. The Morgan fingerprint density at radius 3 is 2.81 bits per heavy atom. The molecule has 0 saturated heterocycles. The lowest BCUT2D eigenvalue weighted by Gasteiger charge is -2.15. The van der Waals surface area contributed by atoms with E-state index < -0.39 is 6.10 Å². The third-order valence-corrected chi connectivity index (χ3v) is 5.67. The van der Waals surface area contributed by atoms with Gasteiger partial charge in [-0.05, 0) is 50.8 Å². The Morgan fingerprint density at radius 1 is 1.31 bits per heavy atom. The summed E-state index contributed by atoms with van der Waals surface area (Å²) in [5, 5.41) is 3.80. The topological polar surface area (TPSA) is 64.6 Å². The molecule has 1 N–H and O–H groups in total. The molecule has 138 valence electrons. The van der Waals surface area contributed by atoms with Crippen LogP contribution >= 0.6 is 22.9 Å². The van der Waals surface area contributed by atoms with Crippen LogP contribution < -0.4 is 10.1 Å². The molecule has 3 rings (SSSR count). The number of amides is 1. The fourth-order valence-electron chi connectivity index (χ4n) is 2.91. The summed E-state index contributed by atoms with van der Waals surface area (Å²) in [6, 6.07) is 6.98. The van der Waals surface area contributed by atoms with E-state index in [1.807, 2.05) is 0 Å². The van der Waals surface area contributed by atoms with Gasteiger partial charge in [0.25, 0.3) is 5.91 Å². The number of carbonyl (C=O) groups excluding carboxylic acids is 2. The van der Waals surface area contributed by atoms with Crippen molar-refractivity contribution in [1.29, 1.82) is 0 Å². The predicted molar refractivity (Wildman–Crippen MR) is 102 cm³/mol. The van der Waals surface area contributed by atoms with Crippen molar-refractivity contribution in [3.05, 3.63) is 45.3 Å². The van der Waals surface area contributed by atoms with Gasteiger partial charge in [0.1, 0.15) is 10.8 Å². The van der Waals surface area contributed by atoms with Crippen LogP contribution in [-0.4, -0.2) is 24.6 Å². The number of aryl methyl sites for hydroxylation is 1. The maximum Gasteiger partial charge on any atom is 0.341 e. The second-order valence-electron chi connectivity index (χ2n) is 5.96. The summed E-state index contributed by atoms with van der Waals surface area (Å²) >= 11 is 7.51. The Balaban J connectivity index is 1.77. The van der Waals surface area contributed by atoms with Crippen LogP contribution in [0.15, 0.2) is 24.3 Å². The van der Waals surface area contributed by atoms with Gasteiger partial charge in [0.05, 0.1) is 17.2 Å². The Bertz CT molecular complexity index is 833. The number of nitrogens with one attached hydrogen (secondary N) is 1. The molecular formula is C19H20ClNO4S. The van der Waals surface area contributed by atoms with E-state index in [0.29, 0.717) is 27.9 Å². The molecule has 0 saturated carbocycles. The number of para-hydroxylation sites is 1. The highest BCUT2D eigenvalue weighted by atomic mass is 35.5. The van der Waals surface area contributed by atoms with Gasteiger partial charge in [0.15, 0.2) is 6.10 Å². The third-order valence-electron chi connectivity index (χ3n) is 4.15. The minimum Gasteiger partial charge on any atom is -0.479 e. The number of ether oxygens (including phenoxy) is 2. The number of fused-ring (bicyclic) bond motifs is 1. The quantitative estimate of drug-likeness (QED) is 0.735. The first-order valence-corrected chi connectivity index (χ1v) is 9.74. The monoisotopic (exact) mass is 393 g/mol. The van der Waals surface area contributed by atoms with Crippen LogP contribution in [-0.2, 0) is 22.4 Å². The van der Waals surface area contributed by atoms with Crippen molar-refractivity contribution >= 4 is 39.8 Å². The Morgan fingerprint density at radius 2 is 2.08 bits per heavy atom. The van der Waals surface area contributed by atoms with Crippen LogP contribution in [0.2, 0.25) is 5.02 Å². The molecule has 1 aromatic heterocycles. The molecule has 2 aromatic rings. The fourth-order valence-corrected chi connectivity index (χ4v) is 4.37. The zero-order chi connectivity index (χ0) is 18.7. The Kier molecular flexibility index (Phi) is 5.84. The second kappa shape index (κ2) is 8.10. The number of hydrogen-bond donors (Lipinski definition) is 1. The van der Waals surface area contributed by atoms with Crippen LogP contribution in [0.3, 0.4) is 0 Å². The van der Waals surface area contributed by atoms with Gasteiger partial charge in [-0.2, -0.15) is 0 Å². The largest absolute Gasteiger partial charge is 0.479 e. The van der Waals surface area contributed by atoms with Crippen molar-refractivity contribution < 1.29 is 19.1 Å². The van der Waals surface area contributed by atoms with Crippen LogP contribution in [0.4, 0.5) is 5.00 Å². The van der Waals surface area contributed by atoms with Gasteiger partial charge in [-0.25, -0.2) is 4.79 Å². The van der Waals surface area contributed by atoms with Crippen molar-refractivity contribution in [2.24, 2.45) is 0 Å². The zero-order valence-corrected chi connectivity index (χ0v) is 16.2. The van der Waals surface area contributed by atoms with Gasteiger partial charge in [-0.15, -0.1) is 11.3 Å². The first-order valence-electron chi connectivity index (χ1n) is 8.55. The predicted octanol–water partition coefficient (Wildman–Crippen LogP) is 4.47. The lowest BCUT2D eigenvalue weighted by Crippen LogP contribution is -2.30. The normalized spacial score (nSPS) is 13.8. The van der Waals surface area contributed by atoms with E-state index in [0.717, 1.165) is 29.7 Å². The van der Waals surface area contributed by atoms with Crippen LogP contribution in [0.5, 0.6) is 5.75 Å². The summed E-state index contributed by atoms with van der Waals surface area (Å²) in [4.78, 5) is 26.1. The first-order chi connectivity index (χ1) is 12.5. The van der Waals surface area contributed by atoms with Crippen molar-refractivity contribution in [3.8, 4) is 5.75 Å². The van der Waals surface area contributed by atoms with E-state index in [2.05, 4.69) is 5.32 Å². The fraction of sp³-hybridized carbons (Fsp3) is 0.368. The van der Waals surface area contributed by atoms with Gasteiger partial charge in [-0.1, -0.05) is 23.7 Å². The minimum atomic E-state index is -0.762. The van der Waals surface area contributed by atoms with Gasteiger partial charge < -0.3 is 14.8 Å². The van der Waals surface area contributed by atoms with Gasteiger partial charge in [0.2, 0.25) is 0 Å². The number of thiophene rings is 1. The highest BCUT2D eigenvalue weighted by molar-refractivity contribution is 7.17. The molecule has 7 heteroatoms. The molecule has 0 fully saturated rings. The van der Waals surface area contributed by atoms with E-state index in [-0.39, 0.29) is 11.9 Å². The summed E-state index contributed by atoms with van der Waals surface area (Å²) in [6.07, 6.45) is 2.02. The van der Waals surface area contributed by atoms with Gasteiger partial charge in [0, 0.05) is 4.88 Å². The standard InChI is InChI=1S/C19H20ClNO4S/c1-3-24-19(23)16-12-7-6-10-15(12)26-18(16)21-17(22)11(2)25-14-9-5-4-8-13(14)20/h4-5,8-9,11H,3,6-7,10H2,1-2H3,(H,21,22). The lowest BCUT2D eigenvalue weighted by molar-refractivity contribution is -0.122. The smallest absolute Gasteiger partial charge is 0.341 e. The van der Waals surface area contributed by atoms with Crippen molar-refractivity contribution in [3.63, 3.8) is 0 Å². The molecule has 1 aromatic carbocycles. The van der Waals surface area contributed by atoms with Gasteiger partial charge >= 0.3 is 5.97 Å². The molecule has 1 unspecified atom stereocenters. The van der Waals surface area contributed by atoms with E-state index in [1.54, 1.807) is 38.1 Å². The number of esters is 1. The average molecular weight is 394 g/mol. The number of anilines is 1. The molecule has 1 aliphatic rings. The summed E-state index contributed by atoms with van der Waals surface area (Å²) in [6.45, 7) is 3.70. The maximum atomic E-state index is 12.6. The van der Waals surface area contributed by atoms with E-state index in [1.165, 1.54) is 11.3 Å². The van der Waals surface area contributed by atoms with Crippen LogP contribution in [0, 0.1) is 0 Å². The molecule has 0 bridgehead atoms. The summed E-state index contributed by atoms with van der Waals surface area (Å²) in [7, 11) is 0. The molecule has 5 nitrogen and oxygen atoms in total.